The van der Waals surface area contributed by atoms with E-state index in [9.17, 15) is 0 Å². The monoisotopic (exact) mass is 782 g/mol. The molecule has 0 spiro atoms. The predicted molar refractivity (Wildman–Crippen MR) is 222 cm³/mol. The molecule has 0 nitrogen and oxygen atoms in total. The van der Waals surface area contributed by atoms with Crippen LogP contribution in [0.1, 0.15) is 99.8 Å². The van der Waals surface area contributed by atoms with E-state index in [0.29, 0.717) is 11.8 Å². The fraction of sp³-hybridized carbons (Fsp3) is 0.289. The molecule has 0 atom stereocenters. The van der Waals surface area contributed by atoms with Crippen LogP contribution in [0.5, 0.6) is 0 Å². The second kappa shape index (κ2) is 21.2. The van der Waals surface area contributed by atoms with Gasteiger partial charge in [-0.05, 0) is 52.8 Å². The van der Waals surface area contributed by atoms with Crippen LogP contribution < -0.4 is 0 Å². The summed E-state index contributed by atoms with van der Waals surface area (Å²) in [5.41, 5.74) is 11.1. The minimum atomic E-state index is 0. The molecule has 7 rings (SSSR count). The third-order valence-corrected chi connectivity index (χ3v) is 9.52. The van der Waals surface area contributed by atoms with Gasteiger partial charge in [-0.3, -0.25) is 0 Å². The van der Waals surface area contributed by atoms with Crippen LogP contribution in [0.25, 0.3) is 43.8 Å². The third kappa shape index (κ3) is 10.9. The van der Waals surface area contributed by atoms with Gasteiger partial charge in [-0.25, -0.2) is 0 Å². The summed E-state index contributed by atoms with van der Waals surface area (Å²) in [6.07, 6.45) is 6.96. The summed E-state index contributed by atoms with van der Waals surface area (Å²) in [4.78, 5) is 0. The summed E-state index contributed by atoms with van der Waals surface area (Å²) in [6, 6.07) is 40.9. The molecule has 0 unspecified atom stereocenters. The quantitative estimate of drug-likeness (QED) is 0.121. The average molecular weight is 785 g/mol. The number of hydrogen-bond donors (Lipinski definition) is 0. The maximum absolute atomic E-state index is 3.06. The fourth-order valence-electron chi connectivity index (χ4n) is 6.91. The zero-order valence-electron chi connectivity index (χ0n) is 30.5. The molecule has 2 radical (unpaired) electrons. The summed E-state index contributed by atoms with van der Waals surface area (Å²) in [6.45, 7) is 14.2. The van der Waals surface area contributed by atoms with Gasteiger partial charge in [0.05, 0.1) is 0 Å². The molecule has 1 aliphatic carbocycles. The summed E-state index contributed by atoms with van der Waals surface area (Å²) >= 11 is 1.36. The van der Waals surface area contributed by atoms with Gasteiger partial charge in [0.15, 0.2) is 0 Å². The summed E-state index contributed by atoms with van der Waals surface area (Å²) in [5.74, 6) is 1.96. The first-order chi connectivity index (χ1) is 21.9. The Morgan fingerprint density at radius 1 is 0.592 bits per heavy atom. The molecule has 0 saturated heterocycles. The van der Waals surface area contributed by atoms with Crippen molar-refractivity contribution in [3.63, 3.8) is 0 Å². The second-order valence-corrected chi connectivity index (χ2v) is 13.3. The molecule has 1 saturated carbocycles. The molecule has 4 heteroatoms. The molecule has 0 aliphatic heterocycles. The molecule has 1 fully saturated rings. The Morgan fingerprint density at radius 2 is 1.02 bits per heavy atom. The van der Waals surface area contributed by atoms with Gasteiger partial charge in [-0.15, -0.1) is 93.9 Å². The van der Waals surface area contributed by atoms with Crippen LogP contribution in [0.4, 0.5) is 0 Å². The Morgan fingerprint density at radius 3 is 1.47 bits per heavy atom. The summed E-state index contributed by atoms with van der Waals surface area (Å²) in [7, 11) is 0. The van der Waals surface area contributed by atoms with E-state index in [4.69, 9.17) is 0 Å². The number of aryl methyl sites for hydroxylation is 1. The van der Waals surface area contributed by atoms with E-state index in [0.717, 1.165) is 5.92 Å². The van der Waals surface area contributed by atoms with Gasteiger partial charge in [-0.2, -0.15) is 12.1 Å². The van der Waals surface area contributed by atoms with Gasteiger partial charge in [0.25, 0.3) is 0 Å². The van der Waals surface area contributed by atoms with E-state index in [1.165, 1.54) is 116 Å². The molecule has 0 bridgehead atoms. The zero-order valence-corrected chi connectivity index (χ0v) is 35.6. The molecular weight excluding hydrogens is 731 g/mol. The number of benzene rings is 4. The molecule has 260 valence electrons. The van der Waals surface area contributed by atoms with Gasteiger partial charge in [0, 0.05) is 0 Å². The SMILES string of the molecule is CC(C)c1ccc(-c2cccc3[cH-]c(C4CCCCC4)cc23)cc1.Cc1cc2c(-c3ccc(C(C)C)cc3)cccc2[cH-]1.Cl.Cl.[CH3-].[CH3-].[Si]=[Zr]. The van der Waals surface area contributed by atoms with E-state index >= 15 is 0 Å². The Hall–Kier alpha value is -2.22. The van der Waals surface area contributed by atoms with Crippen LogP contribution in [0, 0.1) is 21.8 Å². The zero-order chi connectivity index (χ0) is 31.9. The molecule has 0 amide bonds. The number of halogens is 2. The van der Waals surface area contributed by atoms with Crippen LogP contribution in [0.3, 0.4) is 0 Å². The van der Waals surface area contributed by atoms with E-state index in [1.807, 2.05) is 0 Å². The third-order valence-electron chi connectivity index (χ3n) is 9.52. The van der Waals surface area contributed by atoms with E-state index in [2.05, 4.69) is 151 Å². The Labute approximate surface area is 327 Å². The first-order valence-electron chi connectivity index (χ1n) is 16.7. The summed E-state index contributed by atoms with van der Waals surface area (Å²) in [5, 5.41) is 5.52. The van der Waals surface area contributed by atoms with Crippen molar-refractivity contribution in [1.82, 2.24) is 0 Å². The molecule has 49 heavy (non-hydrogen) atoms. The molecule has 1 aliphatic rings. The minimum absolute atomic E-state index is 0. The maximum atomic E-state index is 3.06. The van der Waals surface area contributed by atoms with Gasteiger partial charge in [0.2, 0.25) is 0 Å². The van der Waals surface area contributed by atoms with Gasteiger partial charge < -0.3 is 14.9 Å². The standard InChI is InChI=1S/C24H27.C19H19.2CH3.2ClH.Si.Zr/c1-17(2)18-11-13-20(14-12-18)23-10-6-9-21-15-22(16-24(21)23)19-7-4-3-5-8-19;1-13(2)15-7-9-16(10-8-15)18-6-4-5-17-11-14(3)12-19(17)18;;;;;;/h6,9-17,19H,3-5,7-8H2,1-2H3;4-13H,1-3H3;2*1H3;2*1H;;/q4*-1;;;;. The van der Waals surface area contributed by atoms with Crippen LogP contribution in [0.2, 0.25) is 0 Å². The number of fused-ring (bicyclic) bond motifs is 2. The van der Waals surface area contributed by atoms with Crippen molar-refractivity contribution in [2.75, 3.05) is 0 Å². The Bertz CT molecular complexity index is 1820. The normalized spacial score (nSPS) is 12.4. The number of rotatable bonds is 5. The molecule has 0 aromatic heterocycles. The second-order valence-electron chi connectivity index (χ2n) is 13.3. The summed E-state index contributed by atoms with van der Waals surface area (Å²) < 4.78 is 0. The average Bonchev–Trinajstić information content (AvgIpc) is 3.69. The van der Waals surface area contributed by atoms with E-state index in [1.54, 1.807) is 5.56 Å². The van der Waals surface area contributed by atoms with Crippen molar-refractivity contribution in [1.29, 1.82) is 0 Å². The van der Waals surface area contributed by atoms with Crippen LogP contribution in [0.15, 0.2) is 109 Å². The van der Waals surface area contributed by atoms with Crippen LogP contribution in [-0.4, -0.2) is 6.88 Å². The van der Waals surface area contributed by atoms with E-state index < -0.39 is 0 Å². The van der Waals surface area contributed by atoms with Gasteiger partial charge >= 0.3 is 30.2 Å². The topological polar surface area (TPSA) is 0 Å². The Kier molecular flexibility index (Phi) is 19.4. The first-order valence-corrected chi connectivity index (χ1v) is 20.9. The van der Waals surface area contributed by atoms with Crippen molar-refractivity contribution in [3.8, 4) is 22.3 Å². The van der Waals surface area contributed by atoms with Crippen LogP contribution >= 0.6 is 24.8 Å². The van der Waals surface area contributed by atoms with Crippen molar-refractivity contribution in [2.24, 2.45) is 0 Å². The Balaban J connectivity index is 0.000000441. The molecule has 0 heterocycles. The molecular formula is C45H54Cl2SiZr-4. The van der Waals surface area contributed by atoms with Crippen molar-refractivity contribution < 1.29 is 23.3 Å². The molecule has 6 aromatic carbocycles. The molecule has 0 N–H and O–H groups in total. The van der Waals surface area contributed by atoms with Crippen molar-refractivity contribution in [2.45, 2.75) is 84.5 Å². The first kappa shape index (κ1) is 44.8. The number of hydrogen-bond acceptors (Lipinski definition) is 0. The van der Waals surface area contributed by atoms with Gasteiger partial charge in [0.1, 0.15) is 0 Å². The van der Waals surface area contributed by atoms with Gasteiger partial charge in [-0.1, -0.05) is 126 Å². The van der Waals surface area contributed by atoms with Crippen molar-refractivity contribution in [3.05, 3.63) is 146 Å². The molecule has 6 aromatic rings. The van der Waals surface area contributed by atoms with Crippen LogP contribution in [-0.2, 0) is 23.3 Å². The van der Waals surface area contributed by atoms with E-state index in [-0.39, 0.29) is 39.7 Å². The predicted octanol–water partition coefficient (Wildman–Crippen LogP) is 14.4. The van der Waals surface area contributed by atoms with Crippen molar-refractivity contribution >= 4 is 53.2 Å². The fourth-order valence-corrected chi connectivity index (χ4v) is 6.91.